The van der Waals surface area contributed by atoms with Crippen molar-refractivity contribution in [3.05, 3.63) is 174 Å². The zero-order chi connectivity index (χ0) is 51.9. The van der Waals surface area contributed by atoms with Gasteiger partial charge in [0.15, 0.2) is 17.7 Å². The molecule has 0 saturated carbocycles. The van der Waals surface area contributed by atoms with Crippen LogP contribution in [0.4, 0.5) is 0 Å². The van der Waals surface area contributed by atoms with E-state index in [9.17, 15) is 29.1 Å². The number of aliphatic hydroxyl groups is 1. The summed E-state index contributed by atoms with van der Waals surface area (Å²) in [4.78, 5) is 55.2. The Hall–Kier alpha value is -5.03. The number of carboxylic acids is 2. The van der Waals surface area contributed by atoms with Crippen molar-refractivity contribution in [2.75, 3.05) is 0 Å². The molecule has 70 heavy (non-hydrogen) atoms. The zero-order valence-corrected chi connectivity index (χ0v) is 45.7. The number of aliphatic carboxylic acids is 1. The third-order valence-corrected chi connectivity index (χ3v) is 12.5. The van der Waals surface area contributed by atoms with E-state index >= 15 is 0 Å². The molecule has 0 fully saturated rings. The molecule has 386 valence electrons. The van der Waals surface area contributed by atoms with Crippen LogP contribution in [0.25, 0.3) is 0 Å². The van der Waals surface area contributed by atoms with Crippen LogP contribution in [0.15, 0.2) is 91.0 Å². The van der Waals surface area contributed by atoms with E-state index < -0.39 is 18.0 Å². The van der Waals surface area contributed by atoms with E-state index in [1.165, 1.54) is 27.8 Å². The van der Waals surface area contributed by atoms with Crippen LogP contribution in [0, 0.1) is 13.8 Å². The van der Waals surface area contributed by atoms with Gasteiger partial charge in [-0.25, -0.2) is 9.59 Å². The third kappa shape index (κ3) is 21.1. The van der Waals surface area contributed by atoms with Crippen molar-refractivity contribution in [1.29, 1.82) is 0 Å². The lowest BCUT2D eigenvalue weighted by atomic mass is 9.94. The summed E-state index contributed by atoms with van der Waals surface area (Å²) in [5.74, 6) is -1.58. The van der Waals surface area contributed by atoms with E-state index in [-0.39, 0.29) is 26.4 Å². The summed E-state index contributed by atoms with van der Waals surface area (Å²) in [6.45, 7) is 24.0. The molecule has 5 aromatic carbocycles. The zero-order valence-electron chi connectivity index (χ0n) is 42.5. The average molecular weight is 1090 g/mol. The van der Waals surface area contributed by atoms with Crippen LogP contribution in [0.3, 0.4) is 0 Å². The fourth-order valence-electron chi connectivity index (χ4n) is 7.52. The summed E-state index contributed by atoms with van der Waals surface area (Å²) >= 11 is 6.85. The lowest BCUT2D eigenvalue weighted by Crippen LogP contribution is -2.13. The number of alkyl halides is 2. The Bertz CT molecular complexity index is 2280. The molecule has 1 atom stereocenters. The fourth-order valence-corrected chi connectivity index (χ4v) is 8.71. The summed E-state index contributed by atoms with van der Waals surface area (Å²) < 4.78 is 0. The van der Waals surface area contributed by atoms with E-state index in [2.05, 4.69) is 71.7 Å². The van der Waals surface area contributed by atoms with Crippen molar-refractivity contribution in [3.63, 3.8) is 0 Å². The molecule has 0 radical (unpaired) electrons. The number of aromatic carboxylic acids is 1. The molecule has 0 aliphatic carbocycles. The van der Waals surface area contributed by atoms with Gasteiger partial charge in [-0.05, 0) is 120 Å². The maximum atomic E-state index is 11.7. The second kappa shape index (κ2) is 38.7. The van der Waals surface area contributed by atoms with Crippen molar-refractivity contribution in [2.24, 2.45) is 0 Å². The van der Waals surface area contributed by atoms with Crippen molar-refractivity contribution in [2.45, 2.75) is 166 Å². The number of hydrogen-bond acceptors (Lipinski definition) is 6. The fraction of sp³-hybridized carbons (Fsp3) is 0.417. The molecule has 8 nitrogen and oxygen atoms in total. The first-order valence-electron chi connectivity index (χ1n) is 23.8. The van der Waals surface area contributed by atoms with Gasteiger partial charge in [0.1, 0.15) is 6.29 Å². The summed E-state index contributed by atoms with van der Waals surface area (Å²) in [7, 11) is 0. The molecule has 10 heteroatoms. The highest BCUT2D eigenvalue weighted by Crippen LogP contribution is 2.24. The Kier molecular flexibility index (Phi) is 38.3. The van der Waals surface area contributed by atoms with Crippen molar-refractivity contribution < 1.29 is 39.3 Å². The standard InChI is InChI=1S/C13H18O.C12H16O3.C11H12Br2O.C11H14O.C9H10O2.C2H6.2CH4/c1-4-10-8-7-9-12(11(10)5-2)13(14)6-3;1-3-8-6-5-7-10(9(8)4-2)11(13)12(14)15;1-2-11(14)9-5-3-4-8(6-12)10(9)7-13;1-3-9-6-5-7-10(8-12)11(9)4-2;1-6-4-3-5-8(7(6)2)9(10)11;1-2;;/h7-9H,4-6H2,1-3H3;5-7,11,13H,3-4H2,1-2H3,(H,14,15);3-5H,2,6-7H2,1H3;5-8H,3-4H2,1-2H3;3-5H,1-2H3,(H,10,11);1-2H3;2*1H4. The van der Waals surface area contributed by atoms with Crippen LogP contribution in [-0.4, -0.2) is 45.1 Å². The average Bonchev–Trinajstić information content (AvgIpc) is 3.38. The van der Waals surface area contributed by atoms with Crippen LogP contribution in [-0.2, 0) is 54.0 Å². The van der Waals surface area contributed by atoms with Crippen molar-refractivity contribution in [3.8, 4) is 0 Å². The number of halogens is 2. The molecule has 5 aromatic rings. The highest BCUT2D eigenvalue weighted by Gasteiger charge is 2.20. The molecule has 0 aliphatic heterocycles. The molecule has 0 heterocycles. The summed E-state index contributed by atoms with van der Waals surface area (Å²) in [5.41, 5.74) is 14.8. The second-order valence-corrected chi connectivity index (χ2v) is 16.3. The monoisotopic (exact) mass is 1090 g/mol. The number of rotatable bonds is 16. The highest BCUT2D eigenvalue weighted by molar-refractivity contribution is 9.09. The number of aldehydes is 1. The number of Topliss-reactive ketones (excluding diaryl/α,β-unsaturated/α-hetero) is 2. The van der Waals surface area contributed by atoms with Gasteiger partial charge in [0, 0.05) is 40.2 Å². The van der Waals surface area contributed by atoms with Crippen molar-refractivity contribution in [1.82, 2.24) is 0 Å². The second-order valence-electron chi connectivity index (χ2n) is 15.2. The Morgan fingerprint density at radius 3 is 1.30 bits per heavy atom. The SMILES string of the molecule is C.C.CC.CCC(=O)c1cccc(CBr)c1CBr.CCC(=O)c1cccc(CC)c1CC.CCc1cccc(C(O)C(=O)O)c1CC.CCc1cccc(C=O)c1CC.Cc1cccc(C(=O)O)c1C. The third-order valence-electron chi connectivity index (χ3n) is 11.4. The number of carbonyl (C=O) groups excluding carboxylic acids is 3. The van der Waals surface area contributed by atoms with Crippen LogP contribution < -0.4 is 0 Å². The molecule has 3 N–H and O–H groups in total. The van der Waals surface area contributed by atoms with Crippen LogP contribution in [0.2, 0.25) is 0 Å². The maximum absolute atomic E-state index is 11.7. The molecule has 5 rings (SSSR count). The topological polar surface area (TPSA) is 146 Å². The molecule has 0 spiro atoms. The summed E-state index contributed by atoms with van der Waals surface area (Å²) in [5, 5.41) is 28.5. The maximum Gasteiger partial charge on any atom is 0.337 e. The number of carbonyl (C=O) groups is 5. The molecule has 0 aromatic heterocycles. The Labute approximate surface area is 439 Å². The highest BCUT2D eigenvalue weighted by atomic mass is 79.9. The van der Waals surface area contributed by atoms with Gasteiger partial charge in [-0.15, -0.1) is 0 Å². The Morgan fingerprint density at radius 1 is 0.514 bits per heavy atom. The number of benzene rings is 5. The Morgan fingerprint density at radius 2 is 0.914 bits per heavy atom. The number of aryl methyl sites for hydroxylation is 4. The van der Waals surface area contributed by atoms with Crippen LogP contribution in [0.5, 0.6) is 0 Å². The minimum absolute atomic E-state index is 0. The van der Waals surface area contributed by atoms with Crippen molar-refractivity contribution >= 4 is 61.7 Å². The predicted molar refractivity (Wildman–Crippen MR) is 302 cm³/mol. The van der Waals surface area contributed by atoms with E-state index in [0.29, 0.717) is 24.0 Å². The molecule has 1 unspecified atom stereocenters. The molecule has 0 aliphatic rings. The van der Waals surface area contributed by atoms with Gasteiger partial charge in [-0.2, -0.15) is 0 Å². The largest absolute Gasteiger partial charge is 0.479 e. The first-order chi connectivity index (χ1) is 32.5. The quantitative estimate of drug-likeness (QED) is 0.0503. The first-order valence-corrected chi connectivity index (χ1v) is 26.1. The number of ketones is 2. The summed E-state index contributed by atoms with van der Waals surface area (Å²) in [6.07, 6.45) is 6.19. The summed E-state index contributed by atoms with van der Waals surface area (Å²) in [6, 6.07) is 28.6. The van der Waals surface area contributed by atoms with Gasteiger partial charge >= 0.3 is 11.9 Å². The van der Waals surface area contributed by atoms with Crippen LogP contribution in [0.1, 0.15) is 206 Å². The lowest BCUT2D eigenvalue weighted by molar-refractivity contribution is -0.147. The molecule has 0 bridgehead atoms. The van der Waals surface area contributed by atoms with Gasteiger partial charge in [0.2, 0.25) is 0 Å². The van der Waals surface area contributed by atoms with Crippen LogP contribution >= 0.6 is 31.9 Å². The minimum Gasteiger partial charge on any atom is -0.479 e. The van der Waals surface area contributed by atoms with E-state index in [1.807, 2.05) is 110 Å². The predicted octanol–water partition coefficient (Wildman–Crippen LogP) is 16.3. The van der Waals surface area contributed by atoms with Gasteiger partial charge in [-0.1, -0.05) is 201 Å². The van der Waals surface area contributed by atoms with E-state index in [1.54, 1.807) is 24.3 Å². The number of aliphatic hydroxyl groups excluding tert-OH is 1. The van der Waals surface area contributed by atoms with Gasteiger partial charge < -0.3 is 15.3 Å². The first kappa shape index (κ1) is 69.2. The molecule has 0 saturated heterocycles. The Balaban J connectivity index is -0.000000791. The minimum atomic E-state index is -1.41. The normalized spacial score (nSPS) is 10.0. The molecular formula is C60H84Br2O8. The van der Waals surface area contributed by atoms with Gasteiger partial charge in [0.05, 0.1) is 5.56 Å². The number of carboxylic acid groups (broad SMARTS) is 2. The van der Waals surface area contributed by atoms with Gasteiger partial charge in [-0.3, -0.25) is 14.4 Å². The smallest absolute Gasteiger partial charge is 0.337 e. The van der Waals surface area contributed by atoms with Gasteiger partial charge in [0.25, 0.3) is 0 Å². The van der Waals surface area contributed by atoms with E-state index in [0.717, 1.165) is 100.0 Å². The molecular weight excluding hydrogens is 1010 g/mol. The molecule has 0 amide bonds. The number of hydrogen-bond donors (Lipinski definition) is 3. The van der Waals surface area contributed by atoms with E-state index in [4.69, 9.17) is 10.2 Å². The lowest BCUT2D eigenvalue weighted by Gasteiger charge is -2.14.